The maximum absolute atomic E-state index is 12.7. The Bertz CT molecular complexity index is 1130. The van der Waals surface area contributed by atoms with E-state index in [9.17, 15) is 4.79 Å². The number of rotatable bonds is 11. The molecule has 9 nitrogen and oxygen atoms in total. The fourth-order valence-corrected chi connectivity index (χ4v) is 5.92. The molecule has 0 bridgehead atoms. The summed E-state index contributed by atoms with van der Waals surface area (Å²) in [5, 5.41) is 22.5. The fraction of sp³-hybridized carbons (Fsp3) is 0.560. The summed E-state index contributed by atoms with van der Waals surface area (Å²) >= 11 is 2.85. The third kappa shape index (κ3) is 6.97. The number of anilines is 1. The molecule has 1 amide bonds. The maximum atomic E-state index is 12.7. The SMILES string of the molecule is COc1ccc(OC(C)c2nnc(SCC(=O)Nc3nnc(C4CCCCC4)s3)n2CC(C)C)cc1. The normalized spacial score (nSPS) is 15.1. The third-order valence-corrected chi connectivity index (χ3v) is 7.97. The molecule has 2 heterocycles. The molecule has 0 spiro atoms. The fourth-order valence-electron chi connectivity index (χ4n) is 4.24. The van der Waals surface area contributed by atoms with Crippen molar-refractivity contribution in [3.63, 3.8) is 0 Å². The zero-order chi connectivity index (χ0) is 25.5. The second-order valence-electron chi connectivity index (χ2n) is 9.40. The number of amides is 1. The lowest BCUT2D eigenvalue weighted by molar-refractivity contribution is -0.113. The average Bonchev–Trinajstić information content (AvgIpc) is 3.50. The number of carbonyl (C=O) groups excluding carboxylic acids is 1. The summed E-state index contributed by atoms with van der Waals surface area (Å²) in [5.41, 5.74) is 0. The summed E-state index contributed by atoms with van der Waals surface area (Å²) in [5.74, 6) is 3.15. The Kier molecular flexibility index (Phi) is 9.19. The first-order valence-corrected chi connectivity index (χ1v) is 14.2. The van der Waals surface area contributed by atoms with Crippen LogP contribution < -0.4 is 14.8 Å². The first kappa shape index (κ1) is 26.4. The van der Waals surface area contributed by atoms with E-state index in [-0.39, 0.29) is 17.8 Å². The largest absolute Gasteiger partial charge is 0.497 e. The van der Waals surface area contributed by atoms with Crippen LogP contribution in [0.3, 0.4) is 0 Å². The molecule has 1 atom stereocenters. The number of nitrogens with zero attached hydrogens (tertiary/aromatic N) is 5. The van der Waals surface area contributed by atoms with E-state index < -0.39 is 0 Å². The molecule has 4 rings (SSSR count). The summed E-state index contributed by atoms with van der Waals surface area (Å²) in [7, 11) is 1.63. The van der Waals surface area contributed by atoms with Crippen LogP contribution in [0.25, 0.3) is 0 Å². The lowest BCUT2D eigenvalue weighted by atomic mass is 9.90. The molecule has 1 aromatic carbocycles. The summed E-state index contributed by atoms with van der Waals surface area (Å²) in [6, 6.07) is 7.45. The summed E-state index contributed by atoms with van der Waals surface area (Å²) in [6.07, 6.45) is 5.79. The van der Waals surface area contributed by atoms with E-state index in [1.165, 1.54) is 42.4 Å². The molecule has 194 valence electrons. The summed E-state index contributed by atoms with van der Waals surface area (Å²) < 4.78 is 13.4. The molecule has 1 aliphatic rings. The van der Waals surface area contributed by atoms with Crippen LogP contribution in [-0.2, 0) is 11.3 Å². The van der Waals surface area contributed by atoms with E-state index in [1.807, 2.05) is 35.8 Å². The van der Waals surface area contributed by atoms with Crippen LogP contribution in [0.5, 0.6) is 11.5 Å². The predicted octanol–water partition coefficient (Wildman–Crippen LogP) is 5.71. The van der Waals surface area contributed by atoms with Crippen LogP contribution in [-0.4, -0.2) is 43.7 Å². The highest BCUT2D eigenvalue weighted by Gasteiger charge is 2.22. The maximum Gasteiger partial charge on any atom is 0.236 e. The van der Waals surface area contributed by atoms with Gasteiger partial charge in [0.25, 0.3) is 0 Å². The van der Waals surface area contributed by atoms with E-state index in [4.69, 9.17) is 9.47 Å². The zero-order valence-corrected chi connectivity index (χ0v) is 22.9. The minimum atomic E-state index is -0.313. The molecule has 2 aromatic heterocycles. The Morgan fingerprint density at radius 1 is 1.08 bits per heavy atom. The quantitative estimate of drug-likeness (QED) is 0.314. The highest BCUT2D eigenvalue weighted by Crippen LogP contribution is 2.35. The topological polar surface area (TPSA) is 104 Å². The van der Waals surface area contributed by atoms with Gasteiger partial charge >= 0.3 is 0 Å². The number of carbonyl (C=O) groups is 1. The molecular formula is C25H34N6O3S2. The molecule has 0 aliphatic heterocycles. The first-order chi connectivity index (χ1) is 17.4. The number of nitrogens with one attached hydrogen (secondary N) is 1. The van der Waals surface area contributed by atoms with Gasteiger partial charge in [-0.15, -0.1) is 20.4 Å². The van der Waals surface area contributed by atoms with Crippen molar-refractivity contribution < 1.29 is 14.3 Å². The van der Waals surface area contributed by atoms with Crippen LogP contribution in [0.15, 0.2) is 29.4 Å². The van der Waals surface area contributed by atoms with E-state index >= 15 is 0 Å². The molecule has 36 heavy (non-hydrogen) atoms. The molecule has 1 aliphatic carbocycles. The van der Waals surface area contributed by atoms with Gasteiger partial charge in [-0.1, -0.05) is 56.2 Å². The van der Waals surface area contributed by atoms with Crippen LogP contribution in [0.4, 0.5) is 5.13 Å². The Morgan fingerprint density at radius 2 is 1.81 bits per heavy atom. The lowest BCUT2D eigenvalue weighted by Crippen LogP contribution is -2.17. The Balaban J connectivity index is 1.37. The molecule has 1 N–H and O–H groups in total. The van der Waals surface area contributed by atoms with Crippen molar-refractivity contribution in [3.05, 3.63) is 35.1 Å². The number of hydrogen-bond donors (Lipinski definition) is 1. The molecule has 1 saturated carbocycles. The van der Waals surface area contributed by atoms with E-state index in [0.717, 1.165) is 41.7 Å². The number of hydrogen-bond acceptors (Lipinski definition) is 9. The molecule has 11 heteroatoms. The number of ether oxygens (including phenoxy) is 2. The van der Waals surface area contributed by atoms with Crippen molar-refractivity contribution in [2.75, 3.05) is 18.2 Å². The molecule has 1 fully saturated rings. The van der Waals surface area contributed by atoms with Crippen molar-refractivity contribution in [1.82, 2.24) is 25.0 Å². The van der Waals surface area contributed by atoms with E-state index in [2.05, 4.69) is 39.6 Å². The van der Waals surface area contributed by atoms with Crippen molar-refractivity contribution >= 4 is 34.1 Å². The number of methoxy groups -OCH3 is 1. The number of thioether (sulfide) groups is 1. The van der Waals surface area contributed by atoms with Crippen molar-refractivity contribution in [2.45, 2.75) is 76.6 Å². The van der Waals surface area contributed by atoms with Gasteiger partial charge in [-0.3, -0.25) is 10.1 Å². The Hall–Kier alpha value is -2.66. The van der Waals surface area contributed by atoms with Crippen LogP contribution in [0.2, 0.25) is 0 Å². The standard InChI is InChI=1S/C25H34N6O3S2/c1-16(2)14-31-22(17(3)34-20-12-10-19(33-4)11-13-20)27-30-25(31)35-15-21(32)26-24-29-28-23(36-24)18-8-6-5-7-9-18/h10-13,16-18H,5-9,14-15H2,1-4H3,(H,26,29,32). The molecule has 1 unspecified atom stereocenters. The predicted molar refractivity (Wildman–Crippen MR) is 142 cm³/mol. The second kappa shape index (κ2) is 12.5. The van der Waals surface area contributed by atoms with Gasteiger partial charge in [-0.25, -0.2) is 0 Å². The average molecular weight is 531 g/mol. The van der Waals surface area contributed by atoms with Gasteiger partial charge < -0.3 is 14.0 Å². The van der Waals surface area contributed by atoms with Crippen molar-refractivity contribution in [1.29, 1.82) is 0 Å². The van der Waals surface area contributed by atoms with Crippen LogP contribution in [0.1, 0.15) is 75.7 Å². The van der Waals surface area contributed by atoms with Gasteiger partial charge in [0.15, 0.2) is 17.1 Å². The van der Waals surface area contributed by atoms with Crippen molar-refractivity contribution in [3.8, 4) is 11.5 Å². The highest BCUT2D eigenvalue weighted by atomic mass is 32.2. The Morgan fingerprint density at radius 3 is 2.50 bits per heavy atom. The third-order valence-electron chi connectivity index (χ3n) is 6.00. The van der Waals surface area contributed by atoms with Crippen LogP contribution in [0, 0.1) is 5.92 Å². The molecule has 3 aromatic rings. The summed E-state index contributed by atoms with van der Waals surface area (Å²) in [6.45, 7) is 6.95. The van der Waals surface area contributed by atoms with Gasteiger partial charge in [0.05, 0.1) is 12.9 Å². The van der Waals surface area contributed by atoms with Gasteiger partial charge in [-0.05, 0) is 49.9 Å². The number of aromatic nitrogens is 5. The molecule has 0 radical (unpaired) electrons. The minimum Gasteiger partial charge on any atom is -0.497 e. The smallest absolute Gasteiger partial charge is 0.236 e. The van der Waals surface area contributed by atoms with Gasteiger partial charge in [0, 0.05) is 12.5 Å². The zero-order valence-electron chi connectivity index (χ0n) is 21.3. The second-order valence-corrected chi connectivity index (χ2v) is 11.3. The molecule has 0 saturated heterocycles. The monoisotopic (exact) mass is 530 g/mol. The summed E-state index contributed by atoms with van der Waals surface area (Å²) in [4.78, 5) is 12.7. The molecular weight excluding hydrogens is 496 g/mol. The first-order valence-electron chi connectivity index (χ1n) is 12.4. The minimum absolute atomic E-state index is 0.130. The number of benzene rings is 1. The van der Waals surface area contributed by atoms with Gasteiger partial charge in [0.2, 0.25) is 11.0 Å². The van der Waals surface area contributed by atoms with Gasteiger partial charge in [0.1, 0.15) is 16.5 Å². The lowest BCUT2D eigenvalue weighted by Gasteiger charge is -2.18. The van der Waals surface area contributed by atoms with E-state index in [1.54, 1.807) is 7.11 Å². The highest BCUT2D eigenvalue weighted by molar-refractivity contribution is 7.99. The van der Waals surface area contributed by atoms with E-state index in [0.29, 0.717) is 22.1 Å². The van der Waals surface area contributed by atoms with Gasteiger partial charge in [-0.2, -0.15) is 0 Å². The van der Waals surface area contributed by atoms with Crippen molar-refractivity contribution in [2.24, 2.45) is 5.92 Å². The Labute approximate surface area is 220 Å². The van der Waals surface area contributed by atoms with Crippen LogP contribution >= 0.6 is 23.1 Å².